The lowest BCUT2D eigenvalue weighted by Crippen LogP contribution is -2.37. The largest absolute Gasteiger partial charge is 0.396 e. The molecule has 0 spiro atoms. The fourth-order valence-electron chi connectivity index (χ4n) is 2.08. The zero-order valence-corrected chi connectivity index (χ0v) is 11.3. The Bertz CT molecular complexity index is 127. The first-order valence-electron chi connectivity index (χ1n) is 4.88. The van der Waals surface area contributed by atoms with Crippen LogP contribution in [0.5, 0.6) is 0 Å². The van der Waals surface area contributed by atoms with Crippen LogP contribution in [0, 0.1) is 0 Å². The van der Waals surface area contributed by atoms with Crippen molar-refractivity contribution in [2.45, 2.75) is 50.9 Å². The predicted molar refractivity (Wildman–Crippen MR) is 62.1 cm³/mol. The molecule has 3 heteroatoms. The molecule has 0 atom stereocenters. The summed E-state index contributed by atoms with van der Waals surface area (Å²) in [5.74, 6) is 0. The van der Waals surface area contributed by atoms with Gasteiger partial charge in [-0.3, -0.25) is 0 Å². The van der Waals surface area contributed by atoms with Crippen LogP contribution in [-0.4, -0.2) is 27.9 Å². The first-order chi connectivity index (χ1) is 5.27. The molecule has 0 rings (SSSR count). The summed E-state index contributed by atoms with van der Waals surface area (Å²) in [5, 5.41) is 8.76. The van der Waals surface area contributed by atoms with Crippen LogP contribution in [0.1, 0.15) is 6.42 Å². The van der Waals surface area contributed by atoms with E-state index in [-0.39, 0.29) is 0 Å². The molecule has 0 saturated heterocycles. The molecule has 1 nitrogen and oxygen atoms in total. The number of aliphatic hydroxyl groups excluding tert-OH is 1. The van der Waals surface area contributed by atoms with Gasteiger partial charge in [0, 0.05) is 22.8 Å². The Kier molecular flexibility index (Phi) is 4.73. The molecular weight excluding hydrogens is 180 g/mol. The topological polar surface area (TPSA) is 20.2 Å². The summed E-state index contributed by atoms with van der Waals surface area (Å²) in [6.45, 7) is 12.6. The van der Waals surface area contributed by atoms with E-state index in [0.717, 1.165) is 6.42 Å². The van der Waals surface area contributed by atoms with Crippen molar-refractivity contribution in [1.82, 2.24) is 0 Å². The van der Waals surface area contributed by atoms with Crippen molar-refractivity contribution >= 4 is 16.1 Å². The number of hydrogen-bond donors (Lipinski definition) is 1. The van der Waals surface area contributed by atoms with E-state index in [9.17, 15) is 0 Å². The van der Waals surface area contributed by atoms with Crippen molar-refractivity contribution in [1.29, 1.82) is 0 Å². The van der Waals surface area contributed by atoms with Crippen molar-refractivity contribution in [3.63, 3.8) is 0 Å². The molecule has 0 aliphatic carbocycles. The van der Waals surface area contributed by atoms with Crippen molar-refractivity contribution in [3.05, 3.63) is 0 Å². The van der Waals surface area contributed by atoms with Crippen LogP contribution in [0.2, 0.25) is 44.4 Å². The van der Waals surface area contributed by atoms with Gasteiger partial charge >= 0.3 is 0 Å². The summed E-state index contributed by atoms with van der Waals surface area (Å²) >= 11 is 0. The van der Waals surface area contributed by atoms with Gasteiger partial charge in [0.15, 0.2) is 0 Å². The minimum atomic E-state index is -0.958. The zero-order chi connectivity index (χ0) is 9.83. The molecule has 0 radical (unpaired) electrons. The number of hydrogen-bond acceptors (Lipinski definition) is 1. The summed E-state index contributed by atoms with van der Waals surface area (Å²) < 4.78 is 0. The Morgan fingerprint density at radius 2 is 1.50 bits per heavy atom. The average Bonchev–Trinajstić information content (AvgIpc) is 1.78. The van der Waals surface area contributed by atoms with Gasteiger partial charge < -0.3 is 5.11 Å². The van der Waals surface area contributed by atoms with Gasteiger partial charge in [-0.2, -0.15) is 0 Å². The summed E-state index contributed by atoms with van der Waals surface area (Å²) in [7, 11) is -1.82. The third-order valence-electron chi connectivity index (χ3n) is 2.02. The van der Waals surface area contributed by atoms with E-state index in [0.29, 0.717) is 6.61 Å². The first-order valence-corrected chi connectivity index (χ1v) is 12.0. The van der Waals surface area contributed by atoms with Crippen LogP contribution in [0.25, 0.3) is 0 Å². The van der Waals surface area contributed by atoms with E-state index in [4.69, 9.17) is 5.11 Å². The van der Waals surface area contributed by atoms with Gasteiger partial charge in [0.1, 0.15) is 0 Å². The van der Waals surface area contributed by atoms with Gasteiger partial charge in [0.2, 0.25) is 0 Å². The molecule has 0 aliphatic heterocycles. The van der Waals surface area contributed by atoms with Crippen LogP contribution in [0.3, 0.4) is 0 Å². The van der Waals surface area contributed by atoms with E-state index in [1.54, 1.807) is 0 Å². The maximum absolute atomic E-state index is 8.76. The van der Waals surface area contributed by atoms with E-state index < -0.39 is 16.1 Å². The fourth-order valence-corrected chi connectivity index (χ4v) is 15.4. The third-order valence-corrected chi connectivity index (χ3v) is 11.8. The monoisotopic (exact) mass is 204 g/mol. The van der Waals surface area contributed by atoms with Crippen LogP contribution in [-0.2, 0) is 0 Å². The van der Waals surface area contributed by atoms with Crippen LogP contribution in [0.4, 0.5) is 0 Å². The maximum Gasteiger partial charge on any atom is 0.0448 e. The molecule has 0 bridgehead atoms. The van der Waals surface area contributed by atoms with E-state index in [2.05, 4.69) is 32.7 Å². The molecule has 0 aromatic heterocycles. The third kappa shape index (κ3) is 7.07. The molecule has 0 aromatic carbocycles. The second-order valence-corrected chi connectivity index (χ2v) is 17.1. The lowest BCUT2D eigenvalue weighted by atomic mass is 10.5. The molecular formula is C9H24OSi2. The lowest BCUT2D eigenvalue weighted by Gasteiger charge is -2.29. The summed E-state index contributed by atoms with van der Waals surface area (Å²) in [5.41, 5.74) is 1.50. The molecule has 1 N–H and O–H groups in total. The van der Waals surface area contributed by atoms with Crippen LogP contribution in [0.15, 0.2) is 0 Å². The van der Waals surface area contributed by atoms with Crippen molar-refractivity contribution in [3.8, 4) is 0 Å². The Morgan fingerprint density at radius 3 is 1.83 bits per heavy atom. The van der Waals surface area contributed by atoms with Crippen molar-refractivity contribution in [2.75, 3.05) is 6.61 Å². The maximum atomic E-state index is 8.76. The zero-order valence-electron chi connectivity index (χ0n) is 9.28. The summed E-state index contributed by atoms with van der Waals surface area (Å²) in [6.07, 6.45) is 1.02. The minimum Gasteiger partial charge on any atom is -0.396 e. The standard InChI is InChI=1S/C9H24OSi2/c1-11(2,3)9-12(4,5)8-6-7-10/h10H,6-9H2,1-5H3. The average molecular weight is 204 g/mol. The lowest BCUT2D eigenvalue weighted by molar-refractivity contribution is 0.294. The van der Waals surface area contributed by atoms with Gasteiger partial charge in [0.05, 0.1) is 0 Å². The molecule has 74 valence electrons. The Hall–Kier alpha value is 0.394. The van der Waals surface area contributed by atoms with Gasteiger partial charge in [-0.15, -0.1) is 0 Å². The van der Waals surface area contributed by atoms with Crippen LogP contribution < -0.4 is 0 Å². The molecule has 0 amide bonds. The SMILES string of the molecule is C[Si](C)(C)C[Si](C)(C)CCCO. The molecule has 0 aliphatic rings. The highest BCUT2D eigenvalue weighted by Crippen LogP contribution is 2.23. The number of rotatable bonds is 5. The molecule has 0 unspecified atom stereocenters. The molecule has 0 heterocycles. The van der Waals surface area contributed by atoms with Gasteiger partial charge in [0.25, 0.3) is 0 Å². The van der Waals surface area contributed by atoms with E-state index >= 15 is 0 Å². The molecule has 0 fully saturated rings. The van der Waals surface area contributed by atoms with Gasteiger partial charge in [-0.25, -0.2) is 0 Å². The smallest absolute Gasteiger partial charge is 0.0448 e. The minimum absolute atomic E-state index is 0.377. The highest BCUT2D eigenvalue weighted by Gasteiger charge is 2.27. The van der Waals surface area contributed by atoms with E-state index in [1.165, 1.54) is 11.7 Å². The summed E-state index contributed by atoms with van der Waals surface area (Å²) in [4.78, 5) is 0. The number of aliphatic hydroxyl groups is 1. The second-order valence-electron chi connectivity index (χ2n) is 5.73. The fraction of sp³-hybridized carbons (Fsp3) is 1.00. The van der Waals surface area contributed by atoms with Crippen molar-refractivity contribution < 1.29 is 5.11 Å². The van der Waals surface area contributed by atoms with E-state index in [1.807, 2.05) is 0 Å². The Balaban J connectivity index is 3.86. The highest BCUT2D eigenvalue weighted by atomic mass is 28.4. The molecule has 12 heavy (non-hydrogen) atoms. The van der Waals surface area contributed by atoms with Gasteiger partial charge in [-0.1, -0.05) is 44.4 Å². The Labute approximate surface area is 79.2 Å². The second kappa shape index (κ2) is 4.58. The quantitative estimate of drug-likeness (QED) is 0.683. The molecule has 0 aromatic rings. The summed E-state index contributed by atoms with van der Waals surface area (Å²) in [6, 6.07) is 1.30. The normalized spacial score (nSPS) is 13.5. The highest BCUT2D eigenvalue weighted by molar-refractivity contribution is 6.94. The van der Waals surface area contributed by atoms with Crippen molar-refractivity contribution in [2.24, 2.45) is 0 Å². The first kappa shape index (κ1) is 12.4. The Morgan fingerprint density at radius 1 is 1.00 bits per heavy atom. The predicted octanol–water partition coefficient (Wildman–Crippen LogP) is 2.95. The van der Waals surface area contributed by atoms with Gasteiger partial charge in [-0.05, 0) is 6.42 Å². The van der Waals surface area contributed by atoms with Crippen LogP contribution >= 0.6 is 0 Å². The molecule has 0 saturated carbocycles.